The first-order valence-electron chi connectivity index (χ1n) is 8.07. The van der Waals surface area contributed by atoms with Crippen LogP contribution in [-0.2, 0) is 14.3 Å². The molecule has 136 valence electrons. The second kappa shape index (κ2) is 12.2. The Bertz CT molecular complexity index is 353. The molecule has 8 heteroatoms. The van der Waals surface area contributed by atoms with Crippen molar-refractivity contribution in [2.24, 2.45) is 11.5 Å². The molecule has 0 saturated heterocycles. The van der Waals surface area contributed by atoms with Gasteiger partial charge in [-0.3, -0.25) is 9.59 Å². The van der Waals surface area contributed by atoms with Crippen LogP contribution in [0.4, 0.5) is 0 Å². The molecule has 0 unspecified atom stereocenters. The third-order valence-corrected chi connectivity index (χ3v) is 3.60. The van der Waals surface area contributed by atoms with Crippen LogP contribution in [0.15, 0.2) is 0 Å². The lowest BCUT2D eigenvalue weighted by molar-refractivity contribution is -0.158. The Morgan fingerprint density at radius 2 is 1.39 bits per heavy atom. The Labute approximate surface area is 136 Å². The molecule has 2 amide bonds. The fourth-order valence-electron chi connectivity index (χ4n) is 2.15. The van der Waals surface area contributed by atoms with Crippen molar-refractivity contribution in [3.8, 4) is 0 Å². The second-order valence-corrected chi connectivity index (χ2v) is 5.64. The SMILES string of the molecule is CCCCCCCCCO[C@@H](C(N)=O)[C@@H](O)[C@H](O)[C@H](O)C(N)=O. The average molecular weight is 334 g/mol. The van der Waals surface area contributed by atoms with Gasteiger partial charge in [0.2, 0.25) is 11.8 Å². The Balaban J connectivity index is 4.16. The molecule has 4 atom stereocenters. The van der Waals surface area contributed by atoms with Crippen LogP contribution in [0.5, 0.6) is 0 Å². The minimum absolute atomic E-state index is 0.178. The molecule has 0 aliphatic heterocycles. The number of aliphatic hydroxyl groups is 3. The molecule has 0 bridgehead atoms. The van der Waals surface area contributed by atoms with Gasteiger partial charge in [0, 0.05) is 6.61 Å². The fourth-order valence-corrected chi connectivity index (χ4v) is 2.15. The standard InChI is InChI=1S/C15H30N2O6/c1-2-3-4-5-6-7-8-9-23-13(15(17)22)11(19)10(18)12(20)14(16)21/h10-13,18-20H,2-9H2,1H3,(H2,16,21)(H2,17,22)/t10-,11-,12-,13+/m0/s1. The number of carbonyl (C=O) groups excluding carboxylic acids is 2. The summed E-state index contributed by atoms with van der Waals surface area (Å²) < 4.78 is 5.20. The van der Waals surface area contributed by atoms with Gasteiger partial charge in [-0.05, 0) is 6.42 Å². The molecule has 0 aliphatic rings. The Kier molecular flexibility index (Phi) is 11.6. The average Bonchev–Trinajstić information content (AvgIpc) is 2.50. The van der Waals surface area contributed by atoms with Gasteiger partial charge in [0.15, 0.2) is 12.2 Å². The van der Waals surface area contributed by atoms with Gasteiger partial charge in [-0.1, -0.05) is 45.4 Å². The zero-order chi connectivity index (χ0) is 17.8. The molecule has 0 heterocycles. The van der Waals surface area contributed by atoms with Gasteiger partial charge in [0.1, 0.15) is 12.2 Å². The predicted molar refractivity (Wildman–Crippen MR) is 84.1 cm³/mol. The van der Waals surface area contributed by atoms with E-state index in [1.807, 2.05) is 0 Å². The summed E-state index contributed by atoms with van der Waals surface area (Å²) in [5.74, 6) is -2.21. The Morgan fingerprint density at radius 1 is 0.870 bits per heavy atom. The minimum Gasteiger partial charge on any atom is -0.387 e. The summed E-state index contributed by atoms with van der Waals surface area (Å²) in [6.45, 7) is 2.32. The topological polar surface area (TPSA) is 156 Å². The molecule has 0 saturated carbocycles. The van der Waals surface area contributed by atoms with Crippen molar-refractivity contribution in [2.45, 2.75) is 76.3 Å². The van der Waals surface area contributed by atoms with E-state index in [4.69, 9.17) is 16.2 Å². The van der Waals surface area contributed by atoms with E-state index in [1.54, 1.807) is 0 Å². The van der Waals surface area contributed by atoms with Crippen molar-refractivity contribution >= 4 is 11.8 Å². The number of ether oxygens (including phenoxy) is 1. The molecule has 0 aromatic heterocycles. The van der Waals surface area contributed by atoms with E-state index in [2.05, 4.69) is 6.92 Å². The number of amides is 2. The molecular formula is C15H30N2O6. The van der Waals surface area contributed by atoms with Gasteiger partial charge in [0.25, 0.3) is 0 Å². The van der Waals surface area contributed by atoms with Gasteiger partial charge in [0.05, 0.1) is 0 Å². The van der Waals surface area contributed by atoms with E-state index in [9.17, 15) is 24.9 Å². The van der Waals surface area contributed by atoms with Gasteiger partial charge >= 0.3 is 0 Å². The lowest BCUT2D eigenvalue weighted by atomic mass is 10.0. The Hall–Kier alpha value is -1.22. The van der Waals surface area contributed by atoms with Crippen LogP contribution in [0.25, 0.3) is 0 Å². The maximum absolute atomic E-state index is 11.3. The van der Waals surface area contributed by atoms with Crippen molar-refractivity contribution in [1.29, 1.82) is 0 Å². The molecule has 0 rings (SSSR count). The summed E-state index contributed by atoms with van der Waals surface area (Å²) >= 11 is 0. The molecule has 0 fully saturated rings. The number of hydrogen-bond acceptors (Lipinski definition) is 6. The molecule has 0 spiro atoms. The maximum atomic E-state index is 11.3. The lowest BCUT2D eigenvalue weighted by Crippen LogP contribution is -2.53. The van der Waals surface area contributed by atoms with Crippen LogP contribution >= 0.6 is 0 Å². The Morgan fingerprint density at radius 3 is 1.87 bits per heavy atom. The third kappa shape index (κ3) is 8.85. The minimum atomic E-state index is -2.01. The number of carbonyl (C=O) groups is 2. The highest BCUT2D eigenvalue weighted by atomic mass is 16.5. The molecule has 0 radical (unpaired) electrons. The quantitative estimate of drug-likeness (QED) is 0.261. The van der Waals surface area contributed by atoms with Crippen molar-refractivity contribution in [3.63, 3.8) is 0 Å². The monoisotopic (exact) mass is 334 g/mol. The number of primary amides is 2. The highest BCUT2D eigenvalue weighted by Crippen LogP contribution is 2.11. The van der Waals surface area contributed by atoms with E-state index in [0.29, 0.717) is 6.42 Å². The van der Waals surface area contributed by atoms with Crippen molar-refractivity contribution in [3.05, 3.63) is 0 Å². The summed E-state index contributed by atoms with van der Waals surface area (Å²) in [6.07, 6.45) is 0.0704. The van der Waals surface area contributed by atoms with E-state index in [0.717, 1.165) is 19.3 Å². The smallest absolute Gasteiger partial charge is 0.249 e. The summed E-state index contributed by atoms with van der Waals surface area (Å²) in [6, 6.07) is 0. The number of unbranched alkanes of at least 4 members (excludes halogenated alkanes) is 6. The van der Waals surface area contributed by atoms with Gasteiger partial charge in [-0.2, -0.15) is 0 Å². The van der Waals surface area contributed by atoms with Crippen molar-refractivity contribution in [1.82, 2.24) is 0 Å². The largest absolute Gasteiger partial charge is 0.387 e. The van der Waals surface area contributed by atoms with Crippen LogP contribution in [0.3, 0.4) is 0 Å². The number of rotatable bonds is 14. The van der Waals surface area contributed by atoms with Crippen molar-refractivity contribution < 1.29 is 29.6 Å². The predicted octanol–water partition coefficient (Wildman–Crippen LogP) is -0.824. The molecule has 7 N–H and O–H groups in total. The summed E-state index contributed by atoms with van der Waals surface area (Å²) in [7, 11) is 0. The van der Waals surface area contributed by atoms with E-state index >= 15 is 0 Å². The fraction of sp³-hybridized carbons (Fsp3) is 0.867. The first-order valence-corrected chi connectivity index (χ1v) is 8.07. The molecular weight excluding hydrogens is 304 g/mol. The first-order chi connectivity index (χ1) is 10.8. The molecule has 0 aliphatic carbocycles. The summed E-state index contributed by atoms with van der Waals surface area (Å²) in [5, 5.41) is 28.8. The maximum Gasteiger partial charge on any atom is 0.249 e. The van der Waals surface area contributed by atoms with Crippen LogP contribution < -0.4 is 11.5 Å². The van der Waals surface area contributed by atoms with E-state index < -0.39 is 36.2 Å². The number of nitrogens with two attached hydrogens (primary N) is 2. The third-order valence-electron chi connectivity index (χ3n) is 3.60. The van der Waals surface area contributed by atoms with Gasteiger partial charge in [-0.25, -0.2) is 0 Å². The number of hydrogen-bond donors (Lipinski definition) is 5. The number of aliphatic hydroxyl groups excluding tert-OH is 3. The summed E-state index contributed by atoms with van der Waals surface area (Å²) in [4.78, 5) is 22.1. The molecule has 23 heavy (non-hydrogen) atoms. The van der Waals surface area contributed by atoms with E-state index in [-0.39, 0.29) is 6.61 Å². The molecule has 0 aromatic rings. The zero-order valence-electron chi connectivity index (χ0n) is 13.7. The lowest BCUT2D eigenvalue weighted by Gasteiger charge is -2.26. The van der Waals surface area contributed by atoms with Crippen LogP contribution in [-0.4, -0.2) is 58.2 Å². The van der Waals surface area contributed by atoms with E-state index in [1.165, 1.54) is 19.3 Å². The summed E-state index contributed by atoms with van der Waals surface area (Å²) in [5.41, 5.74) is 9.94. The van der Waals surface area contributed by atoms with Crippen LogP contribution in [0, 0.1) is 0 Å². The molecule has 0 aromatic carbocycles. The molecule has 8 nitrogen and oxygen atoms in total. The highest BCUT2D eigenvalue weighted by molar-refractivity contribution is 5.81. The zero-order valence-corrected chi connectivity index (χ0v) is 13.7. The van der Waals surface area contributed by atoms with Crippen molar-refractivity contribution in [2.75, 3.05) is 6.61 Å². The van der Waals surface area contributed by atoms with Crippen LogP contribution in [0.1, 0.15) is 51.9 Å². The first kappa shape index (κ1) is 21.8. The second-order valence-electron chi connectivity index (χ2n) is 5.64. The normalized spacial score (nSPS) is 16.5. The van der Waals surface area contributed by atoms with Gasteiger partial charge in [-0.15, -0.1) is 0 Å². The van der Waals surface area contributed by atoms with Crippen LogP contribution in [0.2, 0.25) is 0 Å². The highest BCUT2D eigenvalue weighted by Gasteiger charge is 2.37. The van der Waals surface area contributed by atoms with Gasteiger partial charge < -0.3 is 31.5 Å².